The number of methoxy groups -OCH3 is 1. The van der Waals surface area contributed by atoms with Gasteiger partial charge in [0.15, 0.2) is 25.5 Å². The van der Waals surface area contributed by atoms with E-state index in [9.17, 15) is 31.3 Å². The first-order valence-electron chi connectivity index (χ1n) is 15.2. The summed E-state index contributed by atoms with van der Waals surface area (Å²) in [6.07, 6.45) is -5.27. The lowest BCUT2D eigenvalue weighted by molar-refractivity contribution is -0.272. The predicted molar refractivity (Wildman–Crippen MR) is 174 cm³/mol. The number of hydrogen-bond donors (Lipinski definition) is 2. The molecule has 2 aromatic rings. The number of amides is 1. The van der Waals surface area contributed by atoms with E-state index in [1.165, 1.54) is 25.3 Å². The van der Waals surface area contributed by atoms with Crippen LogP contribution >= 0.6 is 0 Å². The minimum atomic E-state index is -4.90. The van der Waals surface area contributed by atoms with Gasteiger partial charge in [-0.15, -0.1) is 4.72 Å². The number of halogens is 5. The number of alkyl halides is 3. The average molecular weight is 708 g/mol. The second kappa shape index (κ2) is 13.9. The molecule has 1 fully saturated rings. The first-order valence-corrected chi connectivity index (χ1v) is 19.3. The average Bonchev–Trinajstić information content (AvgIpc) is 3.22. The summed E-state index contributed by atoms with van der Waals surface area (Å²) < 4.78 is 104. The van der Waals surface area contributed by atoms with E-state index >= 15 is 0 Å². The molecule has 6 unspecified atom stereocenters. The number of carbonyl (C=O) groups excluding carboxylic acids is 1. The van der Waals surface area contributed by atoms with E-state index < -0.39 is 83.5 Å². The first-order chi connectivity index (χ1) is 21.4. The molecule has 264 valence electrons. The zero-order chi connectivity index (χ0) is 35.9. The molecule has 0 spiro atoms. The minimum Gasteiger partial charge on any atom is -0.598 e. The maximum absolute atomic E-state index is 14.7. The van der Waals surface area contributed by atoms with Crippen LogP contribution in [-0.4, -0.2) is 60.1 Å². The van der Waals surface area contributed by atoms with Gasteiger partial charge in [0.2, 0.25) is 5.82 Å². The molecule has 8 nitrogen and oxygen atoms in total. The third-order valence-corrected chi connectivity index (χ3v) is 15.3. The van der Waals surface area contributed by atoms with Crippen molar-refractivity contribution in [1.29, 1.82) is 0 Å². The summed E-state index contributed by atoms with van der Waals surface area (Å²) >= 11 is -1.53. The van der Waals surface area contributed by atoms with Gasteiger partial charge in [-0.05, 0) is 64.0 Å². The van der Waals surface area contributed by atoms with Gasteiger partial charge in [0.05, 0.1) is 19.4 Å². The Morgan fingerprint density at radius 3 is 2.30 bits per heavy atom. The number of pyridine rings is 1. The Bertz CT molecular complexity index is 1440. The van der Waals surface area contributed by atoms with Gasteiger partial charge in [-0.25, -0.2) is 4.39 Å². The fourth-order valence-corrected chi connectivity index (χ4v) is 6.78. The van der Waals surface area contributed by atoms with Crippen molar-refractivity contribution in [3.8, 4) is 5.75 Å². The van der Waals surface area contributed by atoms with Crippen molar-refractivity contribution >= 4 is 31.3 Å². The molecule has 47 heavy (non-hydrogen) atoms. The second-order valence-electron chi connectivity index (χ2n) is 14.5. The van der Waals surface area contributed by atoms with Crippen LogP contribution in [0.15, 0.2) is 30.5 Å². The molecular weight excluding hydrogens is 662 g/mol. The lowest BCUT2D eigenvalue weighted by atomic mass is 9.77. The van der Waals surface area contributed by atoms with Crippen LogP contribution < -0.4 is 14.8 Å². The Hall–Kier alpha value is -2.30. The van der Waals surface area contributed by atoms with Crippen molar-refractivity contribution in [3.63, 3.8) is 0 Å². The topological polar surface area (TPSA) is 105 Å². The summed E-state index contributed by atoms with van der Waals surface area (Å²) in [7, 11) is -1.19. The number of hydrogen-bond acceptors (Lipinski definition) is 7. The van der Waals surface area contributed by atoms with Gasteiger partial charge in [-0.2, -0.15) is 17.6 Å². The van der Waals surface area contributed by atoms with Crippen molar-refractivity contribution in [1.82, 2.24) is 9.71 Å². The highest BCUT2D eigenvalue weighted by Gasteiger charge is 2.66. The normalized spacial score (nSPS) is 23.8. The molecule has 1 amide bonds. The molecule has 1 aromatic heterocycles. The van der Waals surface area contributed by atoms with E-state index in [0.29, 0.717) is 5.69 Å². The van der Waals surface area contributed by atoms with Gasteiger partial charge in [-0.3, -0.25) is 9.78 Å². The number of nitrogens with zero attached hydrogens (tertiary/aromatic N) is 1. The van der Waals surface area contributed by atoms with Gasteiger partial charge in [0.25, 0.3) is 5.91 Å². The molecule has 0 bridgehead atoms. The third-order valence-electron chi connectivity index (χ3n) is 9.20. The summed E-state index contributed by atoms with van der Waals surface area (Å²) in [6.45, 7) is 18.0. The number of ether oxygens (including phenoxy) is 2. The van der Waals surface area contributed by atoms with Crippen molar-refractivity contribution in [2.24, 2.45) is 5.92 Å². The first kappa shape index (κ1) is 39.1. The van der Waals surface area contributed by atoms with Crippen LogP contribution in [0.25, 0.3) is 0 Å². The van der Waals surface area contributed by atoms with E-state index in [-0.39, 0.29) is 22.9 Å². The Kier molecular flexibility index (Phi) is 11.6. The number of nitrogens with one attached hydrogen (secondary N) is 2. The molecule has 2 heterocycles. The van der Waals surface area contributed by atoms with E-state index in [0.717, 1.165) is 26.2 Å². The van der Waals surface area contributed by atoms with Crippen LogP contribution in [0, 0.1) is 17.6 Å². The smallest absolute Gasteiger partial charge is 0.417 e. The fraction of sp³-hybridized carbons (Fsp3) is 0.625. The molecule has 1 aliphatic rings. The molecule has 3 rings (SSSR count). The number of anilines is 1. The Balaban J connectivity index is 2.00. The van der Waals surface area contributed by atoms with Crippen LogP contribution in [0.1, 0.15) is 78.6 Å². The second-order valence-corrected chi connectivity index (χ2v) is 21.3. The molecular formula is C32H46F5N3O5SSi. The lowest BCUT2D eigenvalue weighted by Gasteiger charge is -2.37. The summed E-state index contributed by atoms with van der Waals surface area (Å²) in [5.41, 5.74) is -2.39. The Morgan fingerprint density at radius 1 is 1.15 bits per heavy atom. The summed E-state index contributed by atoms with van der Waals surface area (Å²) in [5, 5.41) is 2.51. The molecule has 0 aliphatic carbocycles. The fourth-order valence-electron chi connectivity index (χ4n) is 4.96. The Morgan fingerprint density at radius 2 is 1.77 bits per heavy atom. The van der Waals surface area contributed by atoms with E-state index in [1.54, 1.807) is 0 Å². The van der Waals surface area contributed by atoms with Crippen LogP contribution in [-0.2, 0) is 25.3 Å². The molecule has 1 saturated heterocycles. The molecule has 1 aromatic carbocycles. The summed E-state index contributed by atoms with van der Waals surface area (Å²) in [5.74, 6) is -6.97. The molecule has 2 N–H and O–H groups in total. The minimum absolute atomic E-state index is 0.111. The zero-order valence-corrected chi connectivity index (χ0v) is 30.5. The standard InChI is InChI=1S/C32H46F5N3O5SSi/c1-18-24(20-12-13-21(33)25(34)26(20)43-9)27(45-31(18,8)32(35,36)37)28(41)39-19-14-15-38-22(16-19)23(40-46(42)29(2,3)4)17-44-47(10,11)30(5,6)7/h12-16,18,23-24,27,40H,17H2,1-11H3,(H,38,39,41). The largest absolute Gasteiger partial charge is 0.598 e. The highest BCUT2D eigenvalue weighted by atomic mass is 32.2. The van der Waals surface area contributed by atoms with Gasteiger partial charge in [-0.1, -0.05) is 33.8 Å². The SMILES string of the molecule is COc1c(C2C(C(=O)Nc3ccnc(C(CO[Si](C)(C)C(C)(C)C)N[S+]([O-])C(C)(C)C)c3)OC(C)(C(F)(F)F)C2C)ccc(F)c1F. The molecule has 0 saturated carbocycles. The number of benzene rings is 1. The highest BCUT2D eigenvalue weighted by Crippen LogP contribution is 2.55. The van der Waals surface area contributed by atoms with E-state index in [4.69, 9.17) is 13.9 Å². The van der Waals surface area contributed by atoms with Crippen LogP contribution in [0.3, 0.4) is 0 Å². The maximum atomic E-state index is 14.7. The Labute approximate surface area is 278 Å². The van der Waals surface area contributed by atoms with Gasteiger partial charge in [0, 0.05) is 40.6 Å². The number of aromatic nitrogens is 1. The zero-order valence-electron chi connectivity index (χ0n) is 28.7. The summed E-state index contributed by atoms with van der Waals surface area (Å²) in [4.78, 5) is 18.2. The molecule has 0 radical (unpaired) electrons. The lowest BCUT2D eigenvalue weighted by Crippen LogP contribution is -2.47. The van der Waals surface area contributed by atoms with Gasteiger partial charge >= 0.3 is 6.18 Å². The van der Waals surface area contributed by atoms with E-state index in [1.807, 2.05) is 20.8 Å². The van der Waals surface area contributed by atoms with Crippen molar-refractivity contribution < 1.29 is 45.2 Å². The molecule has 1 aliphatic heterocycles. The third kappa shape index (κ3) is 8.30. The molecule has 6 atom stereocenters. The van der Waals surface area contributed by atoms with Gasteiger partial charge < -0.3 is 23.8 Å². The summed E-state index contributed by atoms with van der Waals surface area (Å²) in [6, 6.07) is 4.16. The number of rotatable bonds is 10. The van der Waals surface area contributed by atoms with Crippen molar-refractivity contribution in [3.05, 3.63) is 53.4 Å². The highest BCUT2D eigenvalue weighted by molar-refractivity contribution is 7.90. The predicted octanol–water partition coefficient (Wildman–Crippen LogP) is 7.56. The number of carbonyl (C=O) groups is 1. The van der Waals surface area contributed by atoms with Crippen LogP contribution in [0.4, 0.5) is 27.6 Å². The maximum Gasteiger partial charge on any atom is 0.417 e. The van der Waals surface area contributed by atoms with Crippen LogP contribution in [0.5, 0.6) is 5.75 Å². The monoisotopic (exact) mass is 707 g/mol. The molecule has 15 heteroatoms. The van der Waals surface area contributed by atoms with E-state index in [2.05, 4.69) is 48.9 Å². The van der Waals surface area contributed by atoms with Crippen molar-refractivity contribution in [2.75, 3.05) is 19.0 Å². The van der Waals surface area contributed by atoms with Gasteiger partial charge in [0.1, 0.15) is 16.9 Å². The van der Waals surface area contributed by atoms with Crippen LogP contribution in [0.2, 0.25) is 18.1 Å². The van der Waals surface area contributed by atoms with Crippen molar-refractivity contribution in [2.45, 2.75) is 108 Å². The quantitative estimate of drug-likeness (QED) is 0.149.